The highest BCUT2D eigenvalue weighted by Gasteiger charge is 2.25. The van der Waals surface area contributed by atoms with Crippen molar-refractivity contribution in [2.75, 3.05) is 36.4 Å². The first-order valence-electron chi connectivity index (χ1n) is 9.81. The molecule has 27 heavy (non-hydrogen) atoms. The Morgan fingerprint density at radius 1 is 1.00 bits per heavy atom. The lowest BCUT2D eigenvalue weighted by atomic mass is 10.0. The lowest BCUT2D eigenvalue weighted by Crippen LogP contribution is -2.49. The Morgan fingerprint density at radius 3 is 2.41 bits per heavy atom. The van der Waals surface area contributed by atoms with Crippen LogP contribution in [0.25, 0.3) is 0 Å². The van der Waals surface area contributed by atoms with E-state index in [0.717, 1.165) is 44.1 Å². The van der Waals surface area contributed by atoms with Gasteiger partial charge >= 0.3 is 0 Å². The van der Waals surface area contributed by atoms with Crippen LogP contribution in [0.3, 0.4) is 0 Å². The average Bonchev–Trinajstić information content (AvgIpc) is 3.22. The van der Waals surface area contributed by atoms with E-state index in [1.54, 1.807) is 12.4 Å². The number of pyridine rings is 1. The minimum absolute atomic E-state index is 0.324. The molecule has 2 aliphatic rings. The van der Waals surface area contributed by atoms with Gasteiger partial charge in [-0.05, 0) is 43.0 Å². The highest BCUT2D eigenvalue weighted by molar-refractivity contribution is 5.76. The van der Waals surface area contributed by atoms with Crippen molar-refractivity contribution in [1.29, 1.82) is 0 Å². The molecule has 0 spiro atoms. The molecule has 1 saturated heterocycles. The summed E-state index contributed by atoms with van der Waals surface area (Å²) in [6.07, 6.45) is 9.22. The molecule has 3 heterocycles. The fourth-order valence-corrected chi connectivity index (χ4v) is 3.92. The van der Waals surface area contributed by atoms with Gasteiger partial charge in [0.15, 0.2) is 11.6 Å². The average molecular weight is 366 g/mol. The molecule has 1 N–H and O–H groups in total. The maximum Gasteiger partial charge on any atom is 0.222 e. The SMILES string of the molecule is O=C(CC1CCCC1)N1CCN(c2ccc(Nc3ccncc3)nn2)CC1. The van der Waals surface area contributed by atoms with Crippen LogP contribution in [0.4, 0.5) is 17.3 Å². The summed E-state index contributed by atoms with van der Waals surface area (Å²) in [7, 11) is 0. The molecule has 0 aromatic carbocycles. The molecule has 2 fully saturated rings. The number of rotatable bonds is 5. The Balaban J connectivity index is 1.28. The highest BCUT2D eigenvalue weighted by Crippen LogP contribution is 2.28. The third-order valence-corrected chi connectivity index (χ3v) is 5.50. The monoisotopic (exact) mass is 366 g/mol. The number of carbonyl (C=O) groups excluding carboxylic acids is 1. The summed E-state index contributed by atoms with van der Waals surface area (Å²) >= 11 is 0. The summed E-state index contributed by atoms with van der Waals surface area (Å²) in [5.74, 6) is 2.50. The van der Waals surface area contributed by atoms with Crippen molar-refractivity contribution in [3.05, 3.63) is 36.7 Å². The lowest BCUT2D eigenvalue weighted by molar-refractivity contribution is -0.132. The molecule has 1 aliphatic heterocycles. The Bertz CT molecular complexity index is 737. The Labute approximate surface area is 159 Å². The van der Waals surface area contributed by atoms with Gasteiger partial charge in [0.25, 0.3) is 0 Å². The van der Waals surface area contributed by atoms with Gasteiger partial charge in [-0.1, -0.05) is 12.8 Å². The van der Waals surface area contributed by atoms with Gasteiger partial charge < -0.3 is 15.1 Å². The molecular formula is C20H26N6O. The second-order valence-electron chi connectivity index (χ2n) is 7.36. The molecule has 7 nitrogen and oxygen atoms in total. The molecule has 2 aromatic rings. The number of nitrogens with one attached hydrogen (secondary N) is 1. The largest absolute Gasteiger partial charge is 0.352 e. The predicted molar refractivity (Wildman–Crippen MR) is 105 cm³/mol. The third kappa shape index (κ3) is 4.53. The van der Waals surface area contributed by atoms with Gasteiger partial charge in [0.1, 0.15) is 0 Å². The van der Waals surface area contributed by atoms with Crippen LogP contribution in [0, 0.1) is 5.92 Å². The number of anilines is 3. The molecule has 1 aliphatic carbocycles. The van der Waals surface area contributed by atoms with E-state index < -0.39 is 0 Å². The van der Waals surface area contributed by atoms with Crippen LogP contribution in [0.2, 0.25) is 0 Å². The maximum absolute atomic E-state index is 12.5. The van der Waals surface area contributed by atoms with E-state index in [4.69, 9.17) is 0 Å². The quantitative estimate of drug-likeness (QED) is 0.877. The van der Waals surface area contributed by atoms with Gasteiger partial charge in [0.2, 0.25) is 5.91 Å². The number of piperazine rings is 1. The van der Waals surface area contributed by atoms with E-state index in [1.807, 2.05) is 29.2 Å². The lowest BCUT2D eigenvalue weighted by Gasteiger charge is -2.35. The van der Waals surface area contributed by atoms with Crippen molar-refractivity contribution in [2.24, 2.45) is 5.92 Å². The fourth-order valence-electron chi connectivity index (χ4n) is 3.92. The van der Waals surface area contributed by atoms with E-state index >= 15 is 0 Å². The summed E-state index contributed by atoms with van der Waals surface area (Å²) in [5, 5.41) is 11.8. The van der Waals surface area contributed by atoms with E-state index in [2.05, 4.69) is 25.4 Å². The van der Waals surface area contributed by atoms with Crippen LogP contribution in [0.1, 0.15) is 32.1 Å². The van der Waals surface area contributed by atoms with Crippen LogP contribution in [0.5, 0.6) is 0 Å². The van der Waals surface area contributed by atoms with Crippen LogP contribution in [-0.4, -0.2) is 52.2 Å². The van der Waals surface area contributed by atoms with E-state index in [0.29, 0.717) is 17.6 Å². The van der Waals surface area contributed by atoms with Crippen molar-refractivity contribution >= 4 is 23.2 Å². The topological polar surface area (TPSA) is 74.2 Å². The van der Waals surface area contributed by atoms with Crippen LogP contribution < -0.4 is 10.2 Å². The first-order chi connectivity index (χ1) is 13.3. The van der Waals surface area contributed by atoms with Gasteiger partial charge in [-0.25, -0.2) is 0 Å². The predicted octanol–water partition coefficient (Wildman–Crippen LogP) is 2.84. The Morgan fingerprint density at radius 2 is 1.74 bits per heavy atom. The van der Waals surface area contributed by atoms with Crippen molar-refractivity contribution in [3.8, 4) is 0 Å². The Hall–Kier alpha value is -2.70. The summed E-state index contributed by atoms with van der Waals surface area (Å²) in [5.41, 5.74) is 0.932. The smallest absolute Gasteiger partial charge is 0.222 e. The molecule has 2 aromatic heterocycles. The fraction of sp³-hybridized carbons (Fsp3) is 0.500. The first-order valence-corrected chi connectivity index (χ1v) is 9.81. The molecule has 0 unspecified atom stereocenters. The number of carbonyl (C=O) groups is 1. The summed E-state index contributed by atoms with van der Waals surface area (Å²) in [6, 6.07) is 7.68. The number of aromatic nitrogens is 3. The molecule has 0 radical (unpaired) electrons. The third-order valence-electron chi connectivity index (χ3n) is 5.50. The van der Waals surface area contributed by atoms with Gasteiger partial charge in [-0.3, -0.25) is 9.78 Å². The van der Waals surface area contributed by atoms with Gasteiger partial charge in [-0.15, -0.1) is 10.2 Å². The summed E-state index contributed by atoms with van der Waals surface area (Å²) < 4.78 is 0. The number of amides is 1. The van der Waals surface area contributed by atoms with Crippen LogP contribution >= 0.6 is 0 Å². The minimum Gasteiger partial charge on any atom is -0.352 e. The number of hydrogen-bond acceptors (Lipinski definition) is 6. The molecule has 0 atom stereocenters. The van der Waals surface area contributed by atoms with Gasteiger partial charge in [0.05, 0.1) is 0 Å². The van der Waals surface area contributed by atoms with E-state index in [1.165, 1.54) is 25.7 Å². The van der Waals surface area contributed by atoms with Crippen molar-refractivity contribution in [3.63, 3.8) is 0 Å². The standard InChI is InChI=1S/C20H26N6O/c27-20(15-16-3-1-2-4-16)26-13-11-25(12-14-26)19-6-5-18(23-24-19)22-17-7-9-21-10-8-17/h5-10,16H,1-4,11-15H2,(H,21,22,23). The highest BCUT2D eigenvalue weighted by atomic mass is 16.2. The normalized spacial score (nSPS) is 17.9. The maximum atomic E-state index is 12.5. The van der Waals surface area contributed by atoms with Crippen LogP contribution in [-0.2, 0) is 4.79 Å². The van der Waals surface area contributed by atoms with E-state index in [-0.39, 0.29) is 0 Å². The summed E-state index contributed by atoms with van der Waals surface area (Å²) in [6.45, 7) is 3.15. The Kier molecular flexibility index (Phi) is 5.46. The molecule has 0 bridgehead atoms. The second kappa shape index (κ2) is 8.33. The molecule has 142 valence electrons. The zero-order chi connectivity index (χ0) is 18.5. The van der Waals surface area contributed by atoms with Crippen molar-refractivity contribution in [2.45, 2.75) is 32.1 Å². The van der Waals surface area contributed by atoms with Gasteiger partial charge in [0, 0.05) is 50.7 Å². The first kappa shape index (κ1) is 17.7. The van der Waals surface area contributed by atoms with Gasteiger partial charge in [-0.2, -0.15) is 0 Å². The molecule has 4 rings (SSSR count). The zero-order valence-electron chi connectivity index (χ0n) is 15.5. The number of nitrogens with zero attached hydrogens (tertiary/aromatic N) is 5. The molecular weight excluding hydrogens is 340 g/mol. The molecule has 1 amide bonds. The zero-order valence-corrected chi connectivity index (χ0v) is 15.5. The van der Waals surface area contributed by atoms with E-state index in [9.17, 15) is 4.79 Å². The van der Waals surface area contributed by atoms with Crippen molar-refractivity contribution < 1.29 is 4.79 Å². The summed E-state index contributed by atoms with van der Waals surface area (Å²) in [4.78, 5) is 20.7. The molecule has 7 heteroatoms. The van der Waals surface area contributed by atoms with Crippen LogP contribution in [0.15, 0.2) is 36.7 Å². The number of hydrogen-bond donors (Lipinski definition) is 1. The molecule has 1 saturated carbocycles. The second-order valence-corrected chi connectivity index (χ2v) is 7.36. The minimum atomic E-state index is 0.324. The van der Waals surface area contributed by atoms with Crippen molar-refractivity contribution in [1.82, 2.24) is 20.1 Å².